The molecule has 86 valence electrons. The summed E-state index contributed by atoms with van der Waals surface area (Å²) < 4.78 is 5.59. The molecule has 5 nitrogen and oxygen atoms in total. The molecule has 2 aromatic rings. The molecule has 2 rings (SSSR count). The van der Waals surface area contributed by atoms with Gasteiger partial charge < -0.3 is 15.5 Å². The molecule has 2 heterocycles. The summed E-state index contributed by atoms with van der Waals surface area (Å²) in [4.78, 5) is 11.4. The number of anilines is 1. The van der Waals surface area contributed by atoms with Gasteiger partial charge in [0.2, 0.25) is 0 Å². The number of aromatic nitrogens is 3. The van der Waals surface area contributed by atoms with E-state index >= 15 is 0 Å². The second-order valence-corrected chi connectivity index (χ2v) is 3.85. The molecule has 0 aromatic carbocycles. The first-order valence-electron chi connectivity index (χ1n) is 5.48. The molecule has 0 saturated carbocycles. The molecule has 0 spiro atoms. The molecule has 5 heteroatoms. The van der Waals surface area contributed by atoms with Crippen LogP contribution in [0.3, 0.4) is 0 Å². The highest BCUT2D eigenvalue weighted by atomic mass is 16.5. The monoisotopic (exact) mass is 220 g/mol. The van der Waals surface area contributed by atoms with Gasteiger partial charge in [0.1, 0.15) is 11.5 Å². The number of fused-ring (bicyclic) bond motifs is 1. The second-order valence-electron chi connectivity index (χ2n) is 3.85. The van der Waals surface area contributed by atoms with Crippen molar-refractivity contribution in [2.24, 2.45) is 0 Å². The zero-order valence-corrected chi connectivity index (χ0v) is 9.53. The van der Waals surface area contributed by atoms with Crippen LogP contribution < -0.4 is 10.5 Å². The van der Waals surface area contributed by atoms with E-state index in [-0.39, 0.29) is 6.10 Å². The Morgan fingerprint density at radius 3 is 3.06 bits per heavy atom. The maximum Gasteiger partial charge on any atom is 0.320 e. The first-order valence-corrected chi connectivity index (χ1v) is 5.48. The van der Waals surface area contributed by atoms with Crippen LogP contribution in [0.1, 0.15) is 26.7 Å². The van der Waals surface area contributed by atoms with E-state index in [1.54, 1.807) is 6.20 Å². The highest BCUT2D eigenvalue weighted by Gasteiger charge is 2.09. The van der Waals surface area contributed by atoms with Crippen LogP contribution in [-0.2, 0) is 0 Å². The zero-order chi connectivity index (χ0) is 11.5. The summed E-state index contributed by atoms with van der Waals surface area (Å²) in [5, 5.41) is 0.829. The Kier molecular flexibility index (Phi) is 2.94. The molecule has 0 aliphatic rings. The number of nitrogens with zero attached hydrogens (tertiary/aromatic N) is 2. The van der Waals surface area contributed by atoms with Crippen LogP contribution in [0.2, 0.25) is 0 Å². The SMILES string of the molecule is CCC[C@H](C)Oc1nc(N)c2cc[nH]c2n1. The lowest BCUT2D eigenvalue weighted by Gasteiger charge is -2.11. The summed E-state index contributed by atoms with van der Waals surface area (Å²) in [7, 11) is 0. The van der Waals surface area contributed by atoms with Crippen molar-refractivity contribution < 1.29 is 4.74 Å². The van der Waals surface area contributed by atoms with Gasteiger partial charge in [-0.1, -0.05) is 13.3 Å². The lowest BCUT2D eigenvalue weighted by molar-refractivity contribution is 0.193. The Morgan fingerprint density at radius 1 is 1.50 bits per heavy atom. The van der Waals surface area contributed by atoms with Gasteiger partial charge in [-0.3, -0.25) is 0 Å². The topological polar surface area (TPSA) is 76.8 Å². The Bertz CT molecular complexity index is 480. The van der Waals surface area contributed by atoms with Crippen LogP contribution in [-0.4, -0.2) is 21.1 Å². The van der Waals surface area contributed by atoms with E-state index in [0.717, 1.165) is 18.2 Å². The van der Waals surface area contributed by atoms with E-state index < -0.39 is 0 Å². The Morgan fingerprint density at radius 2 is 2.31 bits per heavy atom. The number of nitrogens with two attached hydrogens (primary N) is 1. The third kappa shape index (κ3) is 2.08. The van der Waals surface area contributed by atoms with E-state index in [9.17, 15) is 0 Å². The first kappa shape index (κ1) is 10.7. The average Bonchev–Trinajstić information content (AvgIpc) is 2.66. The van der Waals surface area contributed by atoms with Crippen molar-refractivity contribution in [2.75, 3.05) is 5.73 Å². The largest absolute Gasteiger partial charge is 0.460 e. The number of ether oxygens (including phenoxy) is 1. The minimum Gasteiger partial charge on any atom is -0.460 e. The summed E-state index contributed by atoms with van der Waals surface area (Å²) in [6.45, 7) is 4.12. The van der Waals surface area contributed by atoms with Crippen molar-refractivity contribution in [2.45, 2.75) is 32.8 Å². The van der Waals surface area contributed by atoms with Gasteiger partial charge in [0, 0.05) is 6.20 Å². The van der Waals surface area contributed by atoms with Gasteiger partial charge in [-0.05, 0) is 19.4 Å². The molecule has 16 heavy (non-hydrogen) atoms. The van der Waals surface area contributed by atoms with Crippen LogP contribution in [0.4, 0.5) is 5.82 Å². The lowest BCUT2D eigenvalue weighted by atomic mass is 10.2. The maximum atomic E-state index is 5.80. The molecule has 0 saturated heterocycles. The Balaban J connectivity index is 2.24. The summed E-state index contributed by atoms with van der Waals surface area (Å²) in [5.41, 5.74) is 6.51. The number of nitrogen functional groups attached to an aromatic ring is 1. The molecule has 1 atom stereocenters. The third-order valence-electron chi connectivity index (χ3n) is 2.43. The average molecular weight is 220 g/mol. The molecule has 3 N–H and O–H groups in total. The number of hydrogen-bond donors (Lipinski definition) is 2. The maximum absolute atomic E-state index is 5.80. The summed E-state index contributed by atoms with van der Waals surface area (Å²) >= 11 is 0. The highest BCUT2D eigenvalue weighted by Crippen LogP contribution is 2.19. The smallest absolute Gasteiger partial charge is 0.320 e. The molecule has 0 fully saturated rings. The fraction of sp³-hybridized carbons (Fsp3) is 0.455. The Labute approximate surface area is 94.0 Å². The van der Waals surface area contributed by atoms with Crippen molar-refractivity contribution in [3.63, 3.8) is 0 Å². The van der Waals surface area contributed by atoms with E-state index in [2.05, 4.69) is 21.9 Å². The van der Waals surface area contributed by atoms with Gasteiger partial charge in [0.15, 0.2) is 0 Å². The molecule has 0 radical (unpaired) electrons. The first-order chi connectivity index (χ1) is 7.70. The van der Waals surface area contributed by atoms with Crippen LogP contribution in [0.5, 0.6) is 6.01 Å². The molecule has 0 amide bonds. The van der Waals surface area contributed by atoms with E-state index in [1.807, 2.05) is 13.0 Å². The van der Waals surface area contributed by atoms with Crippen LogP contribution in [0.15, 0.2) is 12.3 Å². The molecular formula is C11H16N4O. The van der Waals surface area contributed by atoms with Crippen molar-refractivity contribution in [1.82, 2.24) is 15.0 Å². The van der Waals surface area contributed by atoms with E-state index in [0.29, 0.717) is 17.5 Å². The van der Waals surface area contributed by atoms with Gasteiger partial charge in [-0.25, -0.2) is 0 Å². The van der Waals surface area contributed by atoms with Gasteiger partial charge in [-0.2, -0.15) is 9.97 Å². The van der Waals surface area contributed by atoms with Crippen molar-refractivity contribution >= 4 is 16.9 Å². The summed E-state index contributed by atoms with van der Waals surface area (Å²) in [6.07, 6.45) is 3.94. The zero-order valence-electron chi connectivity index (χ0n) is 9.53. The fourth-order valence-corrected chi connectivity index (χ4v) is 1.64. The van der Waals surface area contributed by atoms with Crippen molar-refractivity contribution in [1.29, 1.82) is 0 Å². The fourth-order valence-electron chi connectivity index (χ4n) is 1.64. The Hall–Kier alpha value is -1.78. The normalized spacial score (nSPS) is 12.9. The van der Waals surface area contributed by atoms with Gasteiger partial charge in [-0.15, -0.1) is 0 Å². The molecule has 0 bridgehead atoms. The minimum absolute atomic E-state index is 0.108. The minimum atomic E-state index is 0.108. The van der Waals surface area contributed by atoms with Crippen molar-refractivity contribution in [3.8, 4) is 6.01 Å². The van der Waals surface area contributed by atoms with Crippen LogP contribution >= 0.6 is 0 Å². The van der Waals surface area contributed by atoms with Crippen LogP contribution in [0.25, 0.3) is 11.0 Å². The second kappa shape index (κ2) is 4.38. The standard InChI is InChI=1S/C11H16N4O/c1-3-4-7(2)16-11-14-9(12)8-5-6-13-10(8)15-11/h5-7H,3-4H2,1-2H3,(H3,12,13,14,15)/t7-/m0/s1. The molecule has 0 unspecified atom stereocenters. The summed E-state index contributed by atoms with van der Waals surface area (Å²) in [5.74, 6) is 0.449. The van der Waals surface area contributed by atoms with Gasteiger partial charge >= 0.3 is 6.01 Å². The quantitative estimate of drug-likeness (QED) is 0.827. The molecular weight excluding hydrogens is 204 g/mol. The number of nitrogens with one attached hydrogen (secondary N) is 1. The molecule has 2 aromatic heterocycles. The van der Waals surface area contributed by atoms with Crippen molar-refractivity contribution in [3.05, 3.63) is 12.3 Å². The molecule has 0 aliphatic heterocycles. The van der Waals surface area contributed by atoms with E-state index in [1.165, 1.54) is 0 Å². The van der Waals surface area contributed by atoms with Gasteiger partial charge in [0.05, 0.1) is 11.5 Å². The number of aromatic amines is 1. The predicted octanol–water partition coefficient (Wildman–Crippen LogP) is 2.11. The summed E-state index contributed by atoms with van der Waals surface area (Å²) in [6, 6.07) is 2.19. The number of rotatable bonds is 4. The van der Waals surface area contributed by atoms with Gasteiger partial charge in [0.25, 0.3) is 0 Å². The molecule has 0 aliphatic carbocycles. The number of hydrogen-bond acceptors (Lipinski definition) is 4. The van der Waals surface area contributed by atoms with E-state index in [4.69, 9.17) is 10.5 Å². The lowest BCUT2D eigenvalue weighted by Crippen LogP contribution is -2.13. The highest BCUT2D eigenvalue weighted by molar-refractivity contribution is 5.85. The third-order valence-corrected chi connectivity index (χ3v) is 2.43. The predicted molar refractivity (Wildman–Crippen MR) is 63.3 cm³/mol. The number of H-pyrrole nitrogens is 1. The van der Waals surface area contributed by atoms with Crippen LogP contribution in [0, 0.1) is 0 Å².